The Morgan fingerprint density at radius 2 is 1.90 bits per heavy atom. The minimum atomic E-state index is -0.489. The molecule has 0 amide bonds. The molecule has 0 saturated heterocycles. The van der Waals surface area contributed by atoms with Crippen LogP contribution in [0.3, 0.4) is 0 Å². The highest BCUT2D eigenvalue weighted by atomic mass is 16.6. The standard InChI is InChI=1S/C14H20N2O2.C2H6/c1-14(2,3)18-13(17)9-4-7-12(11(15)8-9)16-10-5-6-10;1-2/h4,7-8,10,16H,5-6,15H2,1-3H3;1-2H3. The van der Waals surface area contributed by atoms with Crippen molar-refractivity contribution in [1.82, 2.24) is 0 Å². The van der Waals surface area contributed by atoms with Crippen molar-refractivity contribution in [2.45, 2.75) is 59.1 Å². The number of carbonyl (C=O) groups is 1. The van der Waals surface area contributed by atoms with Gasteiger partial charge in [0.25, 0.3) is 0 Å². The molecule has 0 radical (unpaired) electrons. The third-order valence-corrected chi connectivity index (χ3v) is 2.62. The molecule has 1 aliphatic carbocycles. The van der Waals surface area contributed by atoms with Crippen molar-refractivity contribution in [2.24, 2.45) is 0 Å². The highest BCUT2D eigenvalue weighted by Crippen LogP contribution is 2.29. The van der Waals surface area contributed by atoms with E-state index in [4.69, 9.17) is 10.5 Å². The number of nitrogen functional groups attached to an aromatic ring is 1. The van der Waals surface area contributed by atoms with Crippen molar-refractivity contribution in [2.75, 3.05) is 11.1 Å². The average Bonchev–Trinajstić information content (AvgIpc) is 3.16. The van der Waals surface area contributed by atoms with Gasteiger partial charge in [-0.15, -0.1) is 0 Å². The fourth-order valence-corrected chi connectivity index (χ4v) is 1.61. The first-order valence-corrected chi connectivity index (χ1v) is 7.24. The van der Waals surface area contributed by atoms with Crippen LogP contribution in [0.1, 0.15) is 57.8 Å². The van der Waals surface area contributed by atoms with Gasteiger partial charge in [0, 0.05) is 6.04 Å². The summed E-state index contributed by atoms with van der Waals surface area (Å²) in [6.45, 7) is 9.53. The number of rotatable bonds is 3. The van der Waals surface area contributed by atoms with Crippen molar-refractivity contribution >= 4 is 17.3 Å². The minimum Gasteiger partial charge on any atom is -0.456 e. The van der Waals surface area contributed by atoms with E-state index < -0.39 is 5.60 Å². The van der Waals surface area contributed by atoms with Crippen LogP contribution >= 0.6 is 0 Å². The molecule has 0 heterocycles. The normalized spacial score (nSPS) is 14.1. The molecule has 0 bridgehead atoms. The molecular weight excluding hydrogens is 252 g/mol. The van der Waals surface area contributed by atoms with Crippen LogP contribution in [-0.4, -0.2) is 17.6 Å². The average molecular weight is 278 g/mol. The van der Waals surface area contributed by atoms with E-state index >= 15 is 0 Å². The number of benzene rings is 1. The van der Waals surface area contributed by atoms with E-state index in [1.807, 2.05) is 40.7 Å². The van der Waals surface area contributed by atoms with Gasteiger partial charge in [-0.2, -0.15) is 0 Å². The van der Waals surface area contributed by atoms with Crippen LogP contribution in [0.2, 0.25) is 0 Å². The van der Waals surface area contributed by atoms with Gasteiger partial charge < -0.3 is 15.8 Å². The van der Waals surface area contributed by atoms with Gasteiger partial charge >= 0.3 is 5.97 Å². The van der Waals surface area contributed by atoms with Crippen LogP contribution in [-0.2, 0) is 4.74 Å². The van der Waals surface area contributed by atoms with Crippen molar-refractivity contribution in [1.29, 1.82) is 0 Å². The third-order valence-electron chi connectivity index (χ3n) is 2.62. The molecule has 0 aliphatic heterocycles. The summed E-state index contributed by atoms with van der Waals surface area (Å²) in [7, 11) is 0. The third kappa shape index (κ3) is 5.11. The minimum absolute atomic E-state index is 0.341. The second-order valence-corrected chi connectivity index (χ2v) is 5.72. The van der Waals surface area contributed by atoms with Crippen LogP contribution in [0.25, 0.3) is 0 Å². The number of anilines is 2. The fourth-order valence-electron chi connectivity index (χ4n) is 1.61. The van der Waals surface area contributed by atoms with E-state index in [-0.39, 0.29) is 5.97 Å². The van der Waals surface area contributed by atoms with Gasteiger partial charge in [0.15, 0.2) is 0 Å². The van der Waals surface area contributed by atoms with Crippen LogP contribution in [0, 0.1) is 0 Å². The number of nitrogens with two attached hydrogens (primary N) is 1. The topological polar surface area (TPSA) is 64.3 Å². The van der Waals surface area contributed by atoms with Gasteiger partial charge in [0.2, 0.25) is 0 Å². The molecule has 0 spiro atoms. The van der Waals surface area contributed by atoms with Gasteiger partial charge in [0.05, 0.1) is 16.9 Å². The zero-order chi connectivity index (χ0) is 15.3. The van der Waals surface area contributed by atoms with Crippen LogP contribution in [0.5, 0.6) is 0 Å². The first-order valence-electron chi connectivity index (χ1n) is 7.24. The van der Waals surface area contributed by atoms with Crippen molar-refractivity contribution in [3.63, 3.8) is 0 Å². The largest absolute Gasteiger partial charge is 0.456 e. The van der Waals surface area contributed by atoms with Crippen molar-refractivity contribution in [3.05, 3.63) is 23.8 Å². The predicted octanol–water partition coefficient (Wildman–Crippen LogP) is 3.82. The van der Waals surface area contributed by atoms with Gasteiger partial charge in [-0.25, -0.2) is 4.79 Å². The Kier molecular flexibility index (Phi) is 5.43. The lowest BCUT2D eigenvalue weighted by Crippen LogP contribution is -2.24. The predicted molar refractivity (Wildman–Crippen MR) is 84.0 cm³/mol. The molecule has 1 fully saturated rings. The summed E-state index contributed by atoms with van der Waals surface area (Å²) in [6, 6.07) is 5.79. The molecule has 0 aromatic heterocycles. The molecule has 1 aliphatic rings. The lowest BCUT2D eigenvalue weighted by Gasteiger charge is -2.19. The monoisotopic (exact) mass is 278 g/mol. The summed E-state index contributed by atoms with van der Waals surface area (Å²) in [5.74, 6) is -0.341. The van der Waals surface area contributed by atoms with Crippen LogP contribution < -0.4 is 11.1 Å². The second-order valence-electron chi connectivity index (χ2n) is 5.72. The summed E-state index contributed by atoms with van der Waals surface area (Å²) in [6.07, 6.45) is 2.38. The number of hydrogen-bond donors (Lipinski definition) is 2. The number of hydrogen-bond acceptors (Lipinski definition) is 4. The molecule has 1 aromatic carbocycles. The number of esters is 1. The summed E-state index contributed by atoms with van der Waals surface area (Å²) >= 11 is 0. The molecule has 3 N–H and O–H groups in total. The summed E-state index contributed by atoms with van der Waals surface area (Å²) in [5.41, 5.74) is 7.41. The summed E-state index contributed by atoms with van der Waals surface area (Å²) in [5, 5.41) is 3.32. The Morgan fingerprint density at radius 3 is 2.35 bits per heavy atom. The zero-order valence-electron chi connectivity index (χ0n) is 13.1. The fraction of sp³-hybridized carbons (Fsp3) is 0.562. The molecule has 1 saturated carbocycles. The van der Waals surface area contributed by atoms with E-state index in [0.717, 1.165) is 5.69 Å². The number of nitrogens with one attached hydrogen (secondary N) is 1. The molecule has 1 aromatic rings. The Balaban J connectivity index is 0.000000956. The zero-order valence-corrected chi connectivity index (χ0v) is 13.1. The molecule has 0 unspecified atom stereocenters. The molecular formula is C16H26N2O2. The van der Waals surface area contributed by atoms with E-state index in [0.29, 0.717) is 17.3 Å². The maximum absolute atomic E-state index is 11.9. The summed E-state index contributed by atoms with van der Waals surface area (Å²) < 4.78 is 5.30. The number of ether oxygens (including phenoxy) is 1. The Morgan fingerprint density at radius 1 is 1.30 bits per heavy atom. The smallest absolute Gasteiger partial charge is 0.338 e. The second kappa shape index (κ2) is 6.64. The molecule has 4 heteroatoms. The lowest BCUT2D eigenvalue weighted by atomic mass is 10.1. The van der Waals surface area contributed by atoms with E-state index in [1.165, 1.54) is 12.8 Å². The van der Waals surface area contributed by atoms with E-state index in [1.54, 1.807) is 12.1 Å². The Bertz CT molecular complexity index is 460. The quantitative estimate of drug-likeness (QED) is 0.651. The molecule has 20 heavy (non-hydrogen) atoms. The van der Waals surface area contributed by atoms with Crippen molar-refractivity contribution in [3.8, 4) is 0 Å². The van der Waals surface area contributed by atoms with Crippen LogP contribution in [0.4, 0.5) is 11.4 Å². The van der Waals surface area contributed by atoms with Gasteiger partial charge in [-0.1, -0.05) is 13.8 Å². The Labute approximate surface area is 121 Å². The van der Waals surface area contributed by atoms with Gasteiger partial charge in [0.1, 0.15) is 5.60 Å². The van der Waals surface area contributed by atoms with Gasteiger partial charge in [-0.05, 0) is 51.8 Å². The Hall–Kier alpha value is -1.71. The van der Waals surface area contributed by atoms with E-state index in [2.05, 4.69) is 5.32 Å². The van der Waals surface area contributed by atoms with Crippen molar-refractivity contribution < 1.29 is 9.53 Å². The first kappa shape index (κ1) is 16.3. The molecule has 2 rings (SSSR count). The van der Waals surface area contributed by atoms with Gasteiger partial charge in [-0.3, -0.25) is 0 Å². The highest BCUT2D eigenvalue weighted by molar-refractivity contribution is 5.92. The molecule has 112 valence electrons. The van der Waals surface area contributed by atoms with E-state index in [9.17, 15) is 4.79 Å². The number of carbonyl (C=O) groups excluding carboxylic acids is 1. The SMILES string of the molecule is CC.CC(C)(C)OC(=O)c1ccc(NC2CC2)c(N)c1. The molecule has 4 nitrogen and oxygen atoms in total. The first-order chi connectivity index (χ1) is 9.35. The lowest BCUT2D eigenvalue weighted by molar-refractivity contribution is 0.00696. The van der Waals surface area contributed by atoms with Crippen LogP contribution in [0.15, 0.2) is 18.2 Å². The maximum atomic E-state index is 11.9. The molecule has 0 atom stereocenters. The highest BCUT2D eigenvalue weighted by Gasteiger charge is 2.22. The maximum Gasteiger partial charge on any atom is 0.338 e. The summed E-state index contributed by atoms with van der Waals surface area (Å²) in [4.78, 5) is 11.9.